The Labute approximate surface area is 139 Å². The molecule has 1 aliphatic heterocycles. The molecule has 1 unspecified atom stereocenters. The summed E-state index contributed by atoms with van der Waals surface area (Å²) < 4.78 is 0. The van der Waals surface area contributed by atoms with Crippen molar-refractivity contribution in [3.05, 3.63) is 52.5 Å². The second-order valence-electron chi connectivity index (χ2n) is 5.65. The average Bonchev–Trinajstić information content (AvgIpc) is 3.14. The Kier molecular flexibility index (Phi) is 5.02. The van der Waals surface area contributed by atoms with E-state index in [0.29, 0.717) is 13.1 Å². The van der Waals surface area contributed by atoms with Gasteiger partial charge in [0.05, 0.1) is 10.8 Å². The summed E-state index contributed by atoms with van der Waals surface area (Å²) in [6.45, 7) is 1.70. The molecule has 2 aromatic heterocycles. The Bertz CT molecular complexity index is 658. The van der Waals surface area contributed by atoms with Gasteiger partial charge in [-0.2, -0.15) is 0 Å². The predicted octanol–water partition coefficient (Wildman–Crippen LogP) is 2.31. The summed E-state index contributed by atoms with van der Waals surface area (Å²) in [5.41, 5.74) is 0.975. The van der Waals surface area contributed by atoms with Gasteiger partial charge in [-0.05, 0) is 35.9 Å². The molecule has 23 heavy (non-hydrogen) atoms. The number of piperidine rings is 1. The van der Waals surface area contributed by atoms with E-state index in [9.17, 15) is 9.59 Å². The molecule has 0 aliphatic carbocycles. The Balaban J connectivity index is 1.55. The number of thiophene rings is 1. The molecule has 1 atom stereocenters. The molecule has 0 radical (unpaired) electrons. The fourth-order valence-electron chi connectivity index (χ4n) is 2.77. The van der Waals surface area contributed by atoms with Crippen molar-refractivity contribution in [1.29, 1.82) is 0 Å². The third-order valence-electron chi connectivity index (χ3n) is 4.00. The summed E-state index contributed by atoms with van der Waals surface area (Å²) in [6, 6.07) is 7.49. The highest BCUT2D eigenvalue weighted by molar-refractivity contribution is 7.12. The van der Waals surface area contributed by atoms with Gasteiger partial charge in [-0.25, -0.2) is 0 Å². The summed E-state index contributed by atoms with van der Waals surface area (Å²) in [4.78, 5) is 31.3. The SMILES string of the molecule is O=C(NCc1cccnc1)C1CCCN(C(=O)c2cccs2)C1. The first-order valence-electron chi connectivity index (χ1n) is 7.73. The van der Waals surface area contributed by atoms with Crippen LogP contribution in [0.1, 0.15) is 28.1 Å². The molecule has 5 nitrogen and oxygen atoms in total. The minimum atomic E-state index is -0.135. The zero-order valence-electron chi connectivity index (χ0n) is 12.8. The number of hydrogen-bond acceptors (Lipinski definition) is 4. The monoisotopic (exact) mass is 329 g/mol. The van der Waals surface area contributed by atoms with Gasteiger partial charge in [-0.3, -0.25) is 14.6 Å². The largest absolute Gasteiger partial charge is 0.352 e. The third kappa shape index (κ3) is 3.96. The number of pyridine rings is 1. The minimum absolute atomic E-state index is 0.0116. The van der Waals surface area contributed by atoms with Crippen LogP contribution in [0.2, 0.25) is 0 Å². The number of likely N-dealkylation sites (tertiary alicyclic amines) is 1. The first-order chi connectivity index (χ1) is 11.2. The van der Waals surface area contributed by atoms with Crippen molar-refractivity contribution in [3.63, 3.8) is 0 Å². The van der Waals surface area contributed by atoms with Crippen LogP contribution < -0.4 is 5.32 Å². The maximum Gasteiger partial charge on any atom is 0.263 e. The molecular formula is C17H19N3O2S. The van der Waals surface area contributed by atoms with E-state index < -0.39 is 0 Å². The van der Waals surface area contributed by atoms with Crippen LogP contribution >= 0.6 is 11.3 Å². The van der Waals surface area contributed by atoms with E-state index >= 15 is 0 Å². The fraction of sp³-hybridized carbons (Fsp3) is 0.353. The smallest absolute Gasteiger partial charge is 0.263 e. The average molecular weight is 329 g/mol. The molecule has 1 fully saturated rings. The number of hydrogen-bond donors (Lipinski definition) is 1. The van der Waals surface area contributed by atoms with Crippen LogP contribution in [0.5, 0.6) is 0 Å². The Hall–Kier alpha value is -2.21. The lowest BCUT2D eigenvalue weighted by Crippen LogP contribution is -2.45. The Morgan fingerprint density at radius 3 is 3.00 bits per heavy atom. The number of rotatable bonds is 4. The molecule has 2 aromatic rings. The van der Waals surface area contributed by atoms with Gasteiger partial charge in [0, 0.05) is 32.0 Å². The van der Waals surface area contributed by atoms with Gasteiger partial charge in [0.1, 0.15) is 0 Å². The molecule has 1 saturated heterocycles. The van der Waals surface area contributed by atoms with Gasteiger partial charge in [0.15, 0.2) is 0 Å². The molecule has 0 saturated carbocycles. The third-order valence-corrected chi connectivity index (χ3v) is 4.86. The molecule has 3 rings (SSSR count). The first-order valence-corrected chi connectivity index (χ1v) is 8.61. The lowest BCUT2D eigenvalue weighted by molar-refractivity contribution is -0.126. The number of aromatic nitrogens is 1. The van der Waals surface area contributed by atoms with Crippen LogP contribution in [0.4, 0.5) is 0 Å². The lowest BCUT2D eigenvalue weighted by Gasteiger charge is -2.31. The van der Waals surface area contributed by atoms with E-state index in [-0.39, 0.29) is 17.7 Å². The first kappa shape index (κ1) is 15.7. The molecule has 0 aromatic carbocycles. The number of carbonyl (C=O) groups is 2. The number of nitrogens with zero attached hydrogens (tertiary/aromatic N) is 2. The molecule has 0 spiro atoms. The quantitative estimate of drug-likeness (QED) is 0.936. The van der Waals surface area contributed by atoms with E-state index in [4.69, 9.17) is 0 Å². The number of nitrogens with one attached hydrogen (secondary N) is 1. The zero-order valence-corrected chi connectivity index (χ0v) is 13.6. The lowest BCUT2D eigenvalue weighted by atomic mass is 9.97. The van der Waals surface area contributed by atoms with Gasteiger partial charge in [0.25, 0.3) is 5.91 Å². The van der Waals surface area contributed by atoms with E-state index in [1.807, 2.05) is 29.6 Å². The van der Waals surface area contributed by atoms with Crippen molar-refractivity contribution >= 4 is 23.2 Å². The van der Waals surface area contributed by atoms with Crippen LogP contribution in [-0.2, 0) is 11.3 Å². The number of amides is 2. The summed E-state index contributed by atoms with van der Waals surface area (Å²) in [5, 5.41) is 4.85. The number of carbonyl (C=O) groups excluding carboxylic acids is 2. The highest BCUT2D eigenvalue weighted by Crippen LogP contribution is 2.20. The second kappa shape index (κ2) is 7.37. The van der Waals surface area contributed by atoms with E-state index in [1.54, 1.807) is 17.3 Å². The molecule has 3 heterocycles. The van der Waals surface area contributed by atoms with Gasteiger partial charge in [-0.1, -0.05) is 12.1 Å². The van der Waals surface area contributed by atoms with Crippen LogP contribution in [0, 0.1) is 5.92 Å². The highest BCUT2D eigenvalue weighted by Gasteiger charge is 2.29. The normalized spacial score (nSPS) is 17.7. The highest BCUT2D eigenvalue weighted by atomic mass is 32.1. The van der Waals surface area contributed by atoms with Crippen LogP contribution in [0.3, 0.4) is 0 Å². The van der Waals surface area contributed by atoms with Crippen molar-refractivity contribution in [2.45, 2.75) is 19.4 Å². The van der Waals surface area contributed by atoms with Crippen molar-refractivity contribution in [1.82, 2.24) is 15.2 Å². The molecule has 120 valence electrons. The van der Waals surface area contributed by atoms with Crippen LogP contribution in [0.25, 0.3) is 0 Å². The summed E-state index contributed by atoms with van der Waals surface area (Å²) >= 11 is 1.44. The van der Waals surface area contributed by atoms with Gasteiger partial charge in [0.2, 0.25) is 5.91 Å². The van der Waals surface area contributed by atoms with E-state index in [2.05, 4.69) is 10.3 Å². The zero-order chi connectivity index (χ0) is 16.1. The maximum atomic E-state index is 12.4. The molecule has 2 amide bonds. The standard InChI is InChI=1S/C17H19N3O2S/c21-16(19-11-13-4-1-7-18-10-13)14-5-2-8-20(12-14)17(22)15-6-3-9-23-15/h1,3-4,6-7,9-10,14H,2,5,8,11-12H2,(H,19,21). The van der Waals surface area contributed by atoms with E-state index in [0.717, 1.165) is 29.8 Å². The minimum Gasteiger partial charge on any atom is -0.352 e. The van der Waals surface area contributed by atoms with Crippen molar-refractivity contribution in [2.24, 2.45) is 5.92 Å². The van der Waals surface area contributed by atoms with Crippen LogP contribution in [0.15, 0.2) is 42.0 Å². The summed E-state index contributed by atoms with van der Waals surface area (Å²) in [7, 11) is 0. The maximum absolute atomic E-state index is 12.4. The van der Waals surface area contributed by atoms with Crippen molar-refractivity contribution in [2.75, 3.05) is 13.1 Å². The Morgan fingerprint density at radius 2 is 2.26 bits per heavy atom. The van der Waals surface area contributed by atoms with Crippen LogP contribution in [-0.4, -0.2) is 34.8 Å². The fourth-order valence-corrected chi connectivity index (χ4v) is 3.46. The van der Waals surface area contributed by atoms with Gasteiger partial charge in [-0.15, -0.1) is 11.3 Å². The second-order valence-corrected chi connectivity index (χ2v) is 6.59. The summed E-state index contributed by atoms with van der Waals surface area (Å²) in [6.07, 6.45) is 5.14. The summed E-state index contributed by atoms with van der Waals surface area (Å²) in [5.74, 6) is -0.0911. The van der Waals surface area contributed by atoms with Crippen molar-refractivity contribution < 1.29 is 9.59 Å². The van der Waals surface area contributed by atoms with E-state index in [1.165, 1.54) is 11.3 Å². The molecular weight excluding hydrogens is 310 g/mol. The van der Waals surface area contributed by atoms with Gasteiger partial charge < -0.3 is 10.2 Å². The molecule has 6 heteroatoms. The molecule has 0 bridgehead atoms. The Morgan fingerprint density at radius 1 is 1.35 bits per heavy atom. The topological polar surface area (TPSA) is 62.3 Å². The molecule has 1 N–H and O–H groups in total. The van der Waals surface area contributed by atoms with Crippen molar-refractivity contribution in [3.8, 4) is 0 Å². The molecule has 1 aliphatic rings. The van der Waals surface area contributed by atoms with Gasteiger partial charge >= 0.3 is 0 Å². The predicted molar refractivity (Wildman–Crippen MR) is 89.0 cm³/mol.